The summed E-state index contributed by atoms with van der Waals surface area (Å²) in [5, 5.41) is 0. The minimum atomic E-state index is -1.02. The minimum absolute atomic E-state index is 0.0526. The summed E-state index contributed by atoms with van der Waals surface area (Å²) in [6.45, 7) is 3.44. The van der Waals surface area contributed by atoms with Crippen LogP contribution in [0.15, 0.2) is 42.5 Å². The van der Waals surface area contributed by atoms with Crippen LogP contribution in [0.2, 0.25) is 0 Å². The number of carbonyl (C=O) groups excluding carboxylic acids is 5. The molecule has 8 nitrogen and oxygen atoms in total. The van der Waals surface area contributed by atoms with Gasteiger partial charge in [0.1, 0.15) is 0 Å². The monoisotopic (exact) mass is 434 g/mol. The van der Waals surface area contributed by atoms with Crippen molar-refractivity contribution >= 4 is 35.2 Å². The molecule has 0 saturated carbocycles. The van der Waals surface area contributed by atoms with E-state index in [9.17, 15) is 24.0 Å². The van der Waals surface area contributed by atoms with Crippen LogP contribution in [0.4, 0.5) is 5.69 Å². The van der Waals surface area contributed by atoms with Crippen molar-refractivity contribution in [2.45, 2.75) is 32.8 Å². The first-order valence-electron chi connectivity index (χ1n) is 10.4. The van der Waals surface area contributed by atoms with Crippen LogP contribution < -0.4 is 4.90 Å². The fourth-order valence-electron chi connectivity index (χ4n) is 4.07. The molecule has 0 radical (unpaired) electrons. The first-order valence-corrected chi connectivity index (χ1v) is 10.4. The number of Topliss-reactive ketones (excluding diaryl/α,β-unsaturated/α-hetero) is 1. The van der Waals surface area contributed by atoms with Gasteiger partial charge in [-0.1, -0.05) is 12.1 Å². The number of fused-ring (bicyclic) bond motifs is 2. The van der Waals surface area contributed by atoms with Crippen LogP contribution in [0.3, 0.4) is 0 Å². The van der Waals surface area contributed by atoms with Gasteiger partial charge in [-0.15, -0.1) is 0 Å². The highest BCUT2D eigenvalue weighted by Gasteiger charge is 2.35. The first kappa shape index (κ1) is 21.4. The summed E-state index contributed by atoms with van der Waals surface area (Å²) < 4.78 is 5.25. The molecular formula is C24H22N2O6. The maximum absolute atomic E-state index is 12.7. The van der Waals surface area contributed by atoms with Crippen molar-refractivity contribution in [2.24, 2.45) is 0 Å². The number of amides is 3. The molecule has 2 aliphatic heterocycles. The summed E-state index contributed by atoms with van der Waals surface area (Å²) in [6.07, 6.45) is -0.571. The smallest absolute Gasteiger partial charge is 0.308 e. The second kappa shape index (κ2) is 8.37. The van der Waals surface area contributed by atoms with E-state index in [0.717, 1.165) is 16.2 Å². The molecule has 1 atom stereocenters. The minimum Gasteiger partial charge on any atom is -0.454 e. The average molecular weight is 434 g/mol. The molecule has 0 aromatic heterocycles. The Bertz CT molecular complexity index is 1120. The molecule has 164 valence electrons. The molecule has 32 heavy (non-hydrogen) atoms. The van der Waals surface area contributed by atoms with Gasteiger partial charge in [-0.3, -0.25) is 28.9 Å². The van der Waals surface area contributed by atoms with Crippen molar-refractivity contribution < 1.29 is 28.7 Å². The summed E-state index contributed by atoms with van der Waals surface area (Å²) in [4.78, 5) is 64.1. The Morgan fingerprint density at radius 2 is 1.69 bits per heavy atom. The van der Waals surface area contributed by atoms with Gasteiger partial charge in [0.2, 0.25) is 11.7 Å². The zero-order valence-electron chi connectivity index (χ0n) is 17.8. The lowest BCUT2D eigenvalue weighted by molar-refractivity contribution is -0.146. The summed E-state index contributed by atoms with van der Waals surface area (Å²) in [6, 6.07) is 11.6. The van der Waals surface area contributed by atoms with Gasteiger partial charge in [0.25, 0.3) is 11.8 Å². The number of hydrogen-bond donors (Lipinski definition) is 0. The molecule has 0 saturated heterocycles. The molecule has 8 heteroatoms. The maximum atomic E-state index is 12.7. The fraction of sp³-hybridized carbons (Fsp3) is 0.292. The average Bonchev–Trinajstić information content (AvgIpc) is 3.31. The third-order valence-corrected chi connectivity index (χ3v) is 5.73. The molecule has 0 spiro atoms. The predicted molar refractivity (Wildman–Crippen MR) is 114 cm³/mol. The molecule has 2 aliphatic rings. The number of anilines is 1. The summed E-state index contributed by atoms with van der Waals surface area (Å²) in [5.74, 6) is -1.97. The van der Waals surface area contributed by atoms with E-state index in [2.05, 4.69) is 0 Å². The predicted octanol–water partition coefficient (Wildman–Crippen LogP) is 2.40. The molecule has 0 unspecified atom stereocenters. The van der Waals surface area contributed by atoms with Crippen LogP contribution in [0.5, 0.6) is 0 Å². The molecule has 2 aromatic rings. The van der Waals surface area contributed by atoms with Crippen LogP contribution >= 0.6 is 0 Å². The molecular weight excluding hydrogens is 412 g/mol. The van der Waals surface area contributed by atoms with Gasteiger partial charge >= 0.3 is 5.97 Å². The van der Waals surface area contributed by atoms with Crippen molar-refractivity contribution in [2.75, 3.05) is 18.0 Å². The van der Waals surface area contributed by atoms with Gasteiger partial charge in [-0.2, -0.15) is 0 Å². The molecule has 0 aliphatic carbocycles. The highest BCUT2D eigenvalue weighted by atomic mass is 16.5. The lowest BCUT2D eigenvalue weighted by Gasteiger charge is -2.17. The Morgan fingerprint density at radius 3 is 2.31 bits per heavy atom. The summed E-state index contributed by atoms with van der Waals surface area (Å²) in [5.41, 5.74) is 2.72. The topological polar surface area (TPSA) is 101 Å². The number of ketones is 1. The third kappa shape index (κ3) is 3.79. The van der Waals surface area contributed by atoms with E-state index in [1.54, 1.807) is 47.4 Å². The van der Waals surface area contributed by atoms with E-state index in [0.29, 0.717) is 29.7 Å². The number of benzene rings is 2. The van der Waals surface area contributed by atoms with Gasteiger partial charge < -0.3 is 9.64 Å². The molecule has 3 amide bonds. The van der Waals surface area contributed by atoms with E-state index >= 15 is 0 Å². The standard InChI is InChI=1S/C24H22N2O6/c1-14(22(29)17-7-8-20-16(13-17)9-11-25(20)15(2)27)32-21(28)10-12-26-23(30)18-5-3-4-6-19(18)24(26)31/h3-8,13-14H,9-12H2,1-2H3/t14-/m0/s1. The van der Waals surface area contributed by atoms with E-state index in [4.69, 9.17) is 4.74 Å². The van der Waals surface area contributed by atoms with Crippen LogP contribution in [-0.4, -0.2) is 53.6 Å². The molecule has 0 N–H and O–H groups in total. The highest BCUT2D eigenvalue weighted by Crippen LogP contribution is 2.29. The molecule has 2 aromatic carbocycles. The Hall–Kier alpha value is -3.81. The number of hydrogen-bond acceptors (Lipinski definition) is 6. The molecule has 2 heterocycles. The number of carbonyl (C=O) groups is 5. The van der Waals surface area contributed by atoms with Gasteiger partial charge in [0, 0.05) is 31.3 Å². The number of rotatable bonds is 6. The van der Waals surface area contributed by atoms with Crippen molar-refractivity contribution in [3.63, 3.8) is 0 Å². The normalized spacial score (nSPS) is 15.4. The Labute approximate surface area is 184 Å². The van der Waals surface area contributed by atoms with Gasteiger partial charge in [0.15, 0.2) is 6.10 Å². The number of imide groups is 1. The lowest BCUT2D eigenvalue weighted by atomic mass is 10.0. The lowest BCUT2D eigenvalue weighted by Crippen LogP contribution is -2.33. The maximum Gasteiger partial charge on any atom is 0.308 e. The van der Waals surface area contributed by atoms with Crippen LogP contribution in [0, 0.1) is 0 Å². The Morgan fingerprint density at radius 1 is 1.03 bits per heavy atom. The van der Waals surface area contributed by atoms with Crippen LogP contribution in [-0.2, 0) is 20.7 Å². The van der Waals surface area contributed by atoms with E-state index < -0.39 is 23.9 Å². The zero-order valence-corrected chi connectivity index (χ0v) is 17.8. The number of nitrogens with zero attached hydrogens (tertiary/aromatic N) is 2. The molecule has 0 fully saturated rings. The quantitative estimate of drug-likeness (QED) is 0.393. The second-order valence-electron chi connectivity index (χ2n) is 7.82. The van der Waals surface area contributed by atoms with E-state index in [1.807, 2.05) is 0 Å². The van der Waals surface area contributed by atoms with Crippen molar-refractivity contribution in [3.8, 4) is 0 Å². The van der Waals surface area contributed by atoms with Gasteiger partial charge in [0.05, 0.1) is 17.5 Å². The first-order chi connectivity index (χ1) is 15.3. The van der Waals surface area contributed by atoms with Crippen LogP contribution in [0.25, 0.3) is 0 Å². The second-order valence-corrected chi connectivity index (χ2v) is 7.82. The summed E-state index contributed by atoms with van der Waals surface area (Å²) in [7, 11) is 0. The largest absolute Gasteiger partial charge is 0.454 e. The van der Waals surface area contributed by atoms with E-state index in [-0.39, 0.29) is 24.7 Å². The molecule has 0 bridgehead atoms. The van der Waals surface area contributed by atoms with Crippen LogP contribution in [0.1, 0.15) is 56.9 Å². The van der Waals surface area contributed by atoms with Crippen molar-refractivity contribution in [1.82, 2.24) is 4.90 Å². The third-order valence-electron chi connectivity index (χ3n) is 5.73. The zero-order chi connectivity index (χ0) is 23.0. The Kier molecular flexibility index (Phi) is 5.61. The Balaban J connectivity index is 1.34. The van der Waals surface area contributed by atoms with Crippen molar-refractivity contribution in [1.29, 1.82) is 0 Å². The fourth-order valence-corrected chi connectivity index (χ4v) is 4.07. The van der Waals surface area contributed by atoms with Gasteiger partial charge in [-0.25, -0.2) is 0 Å². The molecule has 4 rings (SSSR count). The number of ether oxygens (including phenoxy) is 1. The highest BCUT2D eigenvalue weighted by molar-refractivity contribution is 6.21. The van der Waals surface area contributed by atoms with E-state index in [1.165, 1.54) is 13.8 Å². The summed E-state index contributed by atoms with van der Waals surface area (Å²) >= 11 is 0. The SMILES string of the molecule is CC(=O)N1CCc2cc(C(=O)[C@H](C)OC(=O)CCN3C(=O)c4ccccc4C3=O)ccc21. The number of esters is 1. The van der Waals surface area contributed by atoms with Gasteiger partial charge in [-0.05, 0) is 49.2 Å². The van der Waals surface area contributed by atoms with Crippen molar-refractivity contribution in [3.05, 3.63) is 64.7 Å².